The first-order valence-corrected chi connectivity index (χ1v) is 7.69. The Morgan fingerprint density at radius 2 is 1.33 bits per heavy atom. The molecule has 0 saturated heterocycles. The Balaban J connectivity index is 0.00000208. The van der Waals surface area contributed by atoms with E-state index < -0.39 is 5.97 Å². The van der Waals surface area contributed by atoms with Crippen LogP contribution in [-0.2, 0) is 24.3 Å². The molecule has 2 aromatic carbocycles. The smallest absolute Gasteiger partial charge is 0.307 e. The number of carboxylic acids is 1. The summed E-state index contributed by atoms with van der Waals surface area (Å²) in [7, 11) is 0. The van der Waals surface area contributed by atoms with Gasteiger partial charge in [-0.1, -0.05) is 54.6 Å². The van der Waals surface area contributed by atoms with Crippen LogP contribution < -0.4 is 0 Å². The number of benzene rings is 2. The number of halogens is 1. The molecular formula is C19H21ClN2O2. The number of hydrogen-bond acceptors (Lipinski definition) is 3. The third-order valence-electron chi connectivity index (χ3n) is 3.84. The Morgan fingerprint density at radius 1 is 0.833 bits per heavy atom. The molecule has 2 aromatic rings. The quantitative estimate of drug-likeness (QED) is 0.871. The normalized spacial score (nSPS) is 13.0. The molecule has 126 valence electrons. The van der Waals surface area contributed by atoms with E-state index >= 15 is 0 Å². The third-order valence-corrected chi connectivity index (χ3v) is 3.84. The maximum Gasteiger partial charge on any atom is 0.307 e. The van der Waals surface area contributed by atoms with Crippen LogP contribution in [0, 0.1) is 0 Å². The lowest BCUT2D eigenvalue weighted by Crippen LogP contribution is -2.24. The first-order valence-electron chi connectivity index (χ1n) is 7.69. The second-order valence-electron chi connectivity index (χ2n) is 5.81. The summed E-state index contributed by atoms with van der Waals surface area (Å²) in [6.07, 6.45) is 4.30. The van der Waals surface area contributed by atoms with Crippen LogP contribution in [0.2, 0.25) is 0 Å². The van der Waals surface area contributed by atoms with Crippen LogP contribution in [0.5, 0.6) is 0 Å². The van der Waals surface area contributed by atoms with Gasteiger partial charge in [-0.25, -0.2) is 0 Å². The molecular weight excluding hydrogens is 324 g/mol. The molecule has 0 amide bonds. The van der Waals surface area contributed by atoms with Crippen molar-refractivity contribution in [1.29, 1.82) is 0 Å². The van der Waals surface area contributed by atoms with Gasteiger partial charge in [0, 0.05) is 25.5 Å². The van der Waals surface area contributed by atoms with Gasteiger partial charge in [0.05, 0.1) is 13.1 Å². The molecule has 0 fully saturated rings. The minimum atomic E-state index is -0.795. The first kappa shape index (κ1) is 17.9. The fourth-order valence-corrected chi connectivity index (χ4v) is 2.71. The summed E-state index contributed by atoms with van der Waals surface area (Å²) in [6.45, 7) is 2.60. The number of rotatable bonds is 6. The molecule has 24 heavy (non-hydrogen) atoms. The highest BCUT2D eigenvalue weighted by molar-refractivity contribution is 5.85. The van der Waals surface area contributed by atoms with Crippen molar-refractivity contribution >= 4 is 18.4 Å². The fourth-order valence-electron chi connectivity index (χ4n) is 2.71. The largest absolute Gasteiger partial charge is 0.481 e. The highest BCUT2D eigenvalue weighted by Crippen LogP contribution is 2.15. The van der Waals surface area contributed by atoms with E-state index in [4.69, 9.17) is 5.11 Å². The van der Waals surface area contributed by atoms with Crippen LogP contribution in [0.4, 0.5) is 0 Å². The minimum Gasteiger partial charge on any atom is -0.481 e. The van der Waals surface area contributed by atoms with E-state index in [1.165, 1.54) is 11.1 Å². The molecule has 5 heteroatoms. The van der Waals surface area contributed by atoms with E-state index in [1.807, 2.05) is 30.3 Å². The highest BCUT2D eigenvalue weighted by Gasteiger charge is 2.12. The third kappa shape index (κ3) is 5.03. The zero-order valence-electron chi connectivity index (χ0n) is 13.3. The second kappa shape index (κ2) is 8.41. The number of hydrogen-bond donors (Lipinski definition) is 1. The molecule has 3 rings (SSSR count). The van der Waals surface area contributed by atoms with Crippen LogP contribution in [0.25, 0.3) is 0 Å². The predicted molar refractivity (Wildman–Crippen MR) is 96.6 cm³/mol. The standard InChI is InChI=1S/C19H20N2O2.ClH/c22-19(23)12-16-6-8-18(9-7-16)14-21-11-10-20(15-21)13-17-4-2-1-3-5-17;/h1-11H,12-15H2,(H,22,23);1H. The molecule has 0 unspecified atom stereocenters. The predicted octanol–water partition coefficient (Wildman–Crippen LogP) is 3.48. The molecule has 0 aromatic heterocycles. The maximum absolute atomic E-state index is 10.7. The molecule has 0 saturated carbocycles. The molecule has 4 nitrogen and oxygen atoms in total. The molecule has 0 radical (unpaired) electrons. The topological polar surface area (TPSA) is 43.8 Å². The summed E-state index contributed by atoms with van der Waals surface area (Å²) in [6, 6.07) is 18.2. The van der Waals surface area contributed by atoms with Crippen molar-refractivity contribution in [2.24, 2.45) is 0 Å². The number of aliphatic carboxylic acids is 1. The SMILES string of the molecule is Cl.O=C(O)Cc1ccc(CN2C=CN(Cc3ccccc3)C2)cc1. The van der Waals surface area contributed by atoms with Gasteiger partial charge in [-0.05, 0) is 16.7 Å². The molecule has 0 aliphatic carbocycles. The van der Waals surface area contributed by atoms with Gasteiger partial charge in [0.25, 0.3) is 0 Å². The summed E-state index contributed by atoms with van der Waals surface area (Å²) >= 11 is 0. The van der Waals surface area contributed by atoms with E-state index in [2.05, 4.69) is 46.5 Å². The lowest BCUT2D eigenvalue weighted by Gasteiger charge is -2.21. The van der Waals surface area contributed by atoms with Gasteiger partial charge < -0.3 is 14.9 Å². The van der Waals surface area contributed by atoms with Crippen LogP contribution in [0.1, 0.15) is 16.7 Å². The summed E-state index contributed by atoms with van der Waals surface area (Å²) in [4.78, 5) is 15.2. The van der Waals surface area contributed by atoms with Crippen molar-refractivity contribution < 1.29 is 9.90 Å². The maximum atomic E-state index is 10.7. The van der Waals surface area contributed by atoms with Crippen molar-refractivity contribution in [3.05, 3.63) is 83.7 Å². The Hall–Kier alpha value is -2.46. The average molecular weight is 345 g/mol. The van der Waals surface area contributed by atoms with Crippen LogP contribution >= 0.6 is 12.4 Å². The van der Waals surface area contributed by atoms with Gasteiger partial charge in [-0.2, -0.15) is 0 Å². The average Bonchev–Trinajstić information content (AvgIpc) is 2.97. The van der Waals surface area contributed by atoms with Crippen molar-refractivity contribution in [2.75, 3.05) is 6.67 Å². The van der Waals surface area contributed by atoms with Crippen LogP contribution in [0.15, 0.2) is 67.0 Å². The molecule has 0 bridgehead atoms. The van der Waals surface area contributed by atoms with Crippen LogP contribution in [-0.4, -0.2) is 27.5 Å². The summed E-state index contributed by atoms with van der Waals surface area (Å²) in [5, 5.41) is 8.79. The van der Waals surface area contributed by atoms with Gasteiger partial charge in [0.15, 0.2) is 0 Å². The van der Waals surface area contributed by atoms with Gasteiger partial charge in [-0.3, -0.25) is 4.79 Å². The van der Waals surface area contributed by atoms with Gasteiger partial charge in [0.2, 0.25) is 0 Å². The number of nitrogens with zero attached hydrogens (tertiary/aromatic N) is 2. The van der Waals surface area contributed by atoms with E-state index in [0.717, 1.165) is 25.3 Å². The zero-order valence-corrected chi connectivity index (χ0v) is 14.2. The number of carboxylic acid groups (broad SMARTS) is 1. The monoisotopic (exact) mass is 344 g/mol. The van der Waals surface area contributed by atoms with E-state index in [9.17, 15) is 4.79 Å². The van der Waals surface area contributed by atoms with Crippen LogP contribution in [0.3, 0.4) is 0 Å². The van der Waals surface area contributed by atoms with Gasteiger partial charge in [0.1, 0.15) is 0 Å². The van der Waals surface area contributed by atoms with Crippen molar-refractivity contribution in [2.45, 2.75) is 19.5 Å². The molecule has 1 heterocycles. The Bertz CT molecular complexity index is 686. The molecule has 1 aliphatic heterocycles. The second-order valence-corrected chi connectivity index (χ2v) is 5.81. The lowest BCUT2D eigenvalue weighted by molar-refractivity contribution is -0.136. The summed E-state index contributed by atoms with van der Waals surface area (Å²) in [5.41, 5.74) is 3.33. The Labute approximate surface area is 148 Å². The van der Waals surface area contributed by atoms with Gasteiger partial charge in [-0.15, -0.1) is 12.4 Å². The van der Waals surface area contributed by atoms with E-state index in [-0.39, 0.29) is 18.8 Å². The molecule has 1 N–H and O–H groups in total. The highest BCUT2D eigenvalue weighted by atomic mass is 35.5. The minimum absolute atomic E-state index is 0. The lowest BCUT2D eigenvalue weighted by atomic mass is 10.1. The van der Waals surface area contributed by atoms with Crippen molar-refractivity contribution in [1.82, 2.24) is 9.80 Å². The molecule has 0 spiro atoms. The van der Waals surface area contributed by atoms with Gasteiger partial charge >= 0.3 is 5.97 Å². The summed E-state index contributed by atoms with van der Waals surface area (Å²) < 4.78 is 0. The number of carbonyl (C=O) groups is 1. The Morgan fingerprint density at radius 3 is 1.88 bits per heavy atom. The van der Waals surface area contributed by atoms with E-state index in [1.54, 1.807) is 0 Å². The molecule has 1 aliphatic rings. The Kier molecular flexibility index (Phi) is 6.27. The van der Waals surface area contributed by atoms with Crippen molar-refractivity contribution in [3.8, 4) is 0 Å². The fraction of sp³-hybridized carbons (Fsp3) is 0.211. The van der Waals surface area contributed by atoms with E-state index in [0.29, 0.717) is 0 Å². The molecule has 0 atom stereocenters. The van der Waals surface area contributed by atoms with Crippen molar-refractivity contribution in [3.63, 3.8) is 0 Å². The first-order chi connectivity index (χ1) is 11.2. The summed E-state index contributed by atoms with van der Waals surface area (Å²) in [5.74, 6) is -0.795. The zero-order chi connectivity index (χ0) is 16.1.